The van der Waals surface area contributed by atoms with Gasteiger partial charge in [0.25, 0.3) is 5.91 Å². The van der Waals surface area contributed by atoms with Crippen LogP contribution >= 0.6 is 0 Å². The van der Waals surface area contributed by atoms with Crippen LogP contribution in [-0.4, -0.2) is 78.2 Å². The molecular weight excluding hydrogens is 544 g/mol. The molecule has 2 heterocycles. The average Bonchev–Trinajstić information content (AvgIpc) is 3.58. The fourth-order valence-electron chi connectivity index (χ4n) is 5.75. The summed E-state index contributed by atoms with van der Waals surface area (Å²) in [5, 5.41) is 13.9. The Hall–Kier alpha value is -3.99. The van der Waals surface area contributed by atoms with Crippen molar-refractivity contribution in [2.75, 3.05) is 40.0 Å². The van der Waals surface area contributed by atoms with Crippen molar-refractivity contribution in [1.29, 1.82) is 0 Å². The van der Waals surface area contributed by atoms with Gasteiger partial charge in [-0.25, -0.2) is 14.5 Å². The van der Waals surface area contributed by atoms with Gasteiger partial charge in [0.1, 0.15) is 12.4 Å². The Labute approximate surface area is 245 Å². The Morgan fingerprint density at radius 1 is 1.07 bits per heavy atom. The van der Waals surface area contributed by atoms with Gasteiger partial charge >= 0.3 is 12.2 Å². The standard InChI is InChI=1S/C30H38N2O6.CH2O3/c1-21(24-9-11-26-25(17-24)12-14-36-26)31(18-22-6-4-3-5-7-22)19-23-8-10-27(28(16-23)35-2)37-15-13-32-29(33)20-38-30(32)34;2-1(3)4/h8-11,16-17,21-22H,3-7,12-15,18-20H2,1-2H3;(H2,2,3,4). The molecule has 2 N–H and O–H groups in total. The lowest BCUT2D eigenvalue weighted by Crippen LogP contribution is -2.33. The molecule has 0 bridgehead atoms. The van der Waals surface area contributed by atoms with Gasteiger partial charge in [-0.15, -0.1) is 0 Å². The lowest BCUT2D eigenvalue weighted by molar-refractivity contribution is -0.126. The van der Waals surface area contributed by atoms with Crippen LogP contribution in [0.15, 0.2) is 36.4 Å². The Kier molecular flexibility index (Phi) is 10.9. The number of benzene rings is 2. The van der Waals surface area contributed by atoms with Gasteiger partial charge in [-0.2, -0.15) is 0 Å². The summed E-state index contributed by atoms with van der Waals surface area (Å²) in [6.45, 7) is 5.05. The normalized spacial score (nSPS) is 17.2. The van der Waals surface area contributed by atoms with Crippen molar-refractivity contribution < 1.29 is 43.5 Å². The number of ether oxygens (including phenoxy) is 4. The number of imide groups is 1. The SMILES string of the molecule is COc1cc(CN(CC2CCCCC2)C(C)c2ccc3c(c2)CCO3)ccc1OCCN1C(=O)COC1=O.O=C(O)O. The predicted molar refractivity (Wildman–Crippen MR) is 153 cm³/mol. The summed E-state index contributed by atoms with van der Waals surface area (Å²) in [5.41, 5.74) is 3.78. The molecule has 2 amide bonds. The first-order valence-corrected chi connectivity index (χ1v) is 14.4. The van der Waals surface area contributed by atoms with E-state index >= 15 is 0 Å². The lowest BCUT2D eigenvalue weighted by atomic mass is 9.88. The van der Waals surface area contributed by atoms with E-state index in [-0.39, 0.29) is 31.7 Å². The number of carboxylic acid groups (broad SMARTS) is 2. The van der Waals surface area contributed by atoms with Gasteiger partial charge in [-0.05, 0) is 60.6 Å². The number of hydrogen-bond donors (Lipinski definition) is 2. The first kappa shape index (κ1) is 31.0. The molecular formula is C31H40N2O9. The minimum Gasteiger partial charge on any atom is -0.493 e. The first-order chi connectivity index (χ1) is 20.2. The molecule has 2 aliphatic heterocycles. The van der Waals surface area contributed by atoms with Crippen molar-refractivity contribution in [2.45, 2.75) is 58.0 Å². The van der Waals surface area contributed by atoms with E-state index in [1.165, 1.54) is 43.2 Å². The highest BCUT2D eigenvalue weighted by Gasteiger charge is 2.30. The van der Waals surface area contributed by atoms with E-state index in [1.807, 2.05) is 12.1 Å². The molecule has 11 heteroatoms. The number of cyclic esters (lactones) is 1. The van der Waals surface area contributed by atoms with Gasteiger partial charge in [0.05, 0.1) is 20.3 Å². The summed E-state index contributed by atoms with van der Waals surface area (Å²) in [5.74, 6) is 2.61. The zero-order chi connectivity index (χ0) is 30.1. The molecule has 1 atom stereocenters. The fraction of sp³-hybridized carbons (Fsp3) is 0.516. The van der Waals surface area contributed by atoms with Gasteiger partial charge in [0.15, 0.2) is 18.1 Å². The molecule has 2 fully saturated rings. The van der Waals surface area contributed by atoms with Crippen LogP contribution in [0.1, 0.15) is 61.8 Å². The topological polar surface area (TPSA) is 135 Å². The van der Waals surface area contributed by atoms with Crippen LogP contribution in [-0.2, 0) is 22.5 Å². The molecule has 1 aliphatic carbocycles. The number of methoxy groups -OCH3 is 1. The van der Waals surface area contributed by atoms with E-state index in [4.69, 9.17) is 34.0 Å². The van der Waals surface area contributed by atoms with E-state index in [2.05, 4.69) is 36.1 Å². The van der Waals surface area contributed by atoms with E-state index in [9.17, 15) is 9.59 Å². The maximum atomic E-state index is 11.7. The minimum atomic E-state index is -1.83. The van der Waals surface area contributed by atoms with Crippen molar-refractivity contribution >= 4 is 18.2 Å². The predicted octanol–water partition coefficient (Wildman–Crippen LogP) is 5.35. The average molecular weight is 585 g/mol. The molecule has 0 aromatic heterocycles. The van der Waals surface area contributed by atoms with E-state index in [0.29, 0.717) is 17.4 Å². The number of rotatable bonds is 11. The summed E-state index contributed by atoms with van der Waals surface area (Å²) in [6, 6.07) is 12.9. The Morgan fingerprint density at radius 3 is 2.52 bits per heavy atom. The maximum Gasteiger partial charge on any atom is 0.503 e. The van der Waals surface area contributed by atoms with Crippen LogP contribution in [0, 0.1) is 5.92 Å². The monoisotopic (exact) mass is 584 g/mol. The second kappa shape index (κ2) is 14.8. The van der Waals surface area contributed by atoms with Crippen molar-refractivity contribution in [3.63, 3.8) is 0 Å². The largest absolute Gasteiger partial charge is 0.503 e. The quantitative estimate of drug-likeness (QED) is 0.356. The molecule has 42 heavy (non-hydrogen) atoms. The molecule has 1 saturated carbocycles. The molecule has 0 spiro atoms. The van der Waals surface area contributed by atoms with E-state index in [1.54, 1.807) is 7.11 Å². The van der Waals surface area contributed by atoms with Gasteiger partial charge in [0, 0.05) is 25.6 Å². The van der Waals surface area contributed by atoms with Gasteiger partial charge in [-0.1, -0.05) is 37.5 Å². The Bertz CT molecular complexity index is 1220. The number of carbonyl (C=O) groups is 3. The third kappa shape index (κ3) is 8.28. The molecule has 1 saturated heterocycles. The van der Waals surface area contributed by atoms with Crippen LogP contribution in [0.2, 0.25) is 0 Å². The number of nitrogens with zero attached hydrogens (tertiary/aromatic N) is 2. The molecule has 0 radical (unpaired) electrons. The highest BCUT2D eigenvalue weighted by atomic mass is 16.6. The third-order valence-corrected chi connectivity index (χ3v) is 7.99. The second-order valence-corrected chi connectivity index (χ2v) is 10.8. The highest BCUT2D eigenvalue weighted by Crippen LogP contribution is 2.34. The summed E-state index contributed by atoms with van der Waals surface area (Å²) in [6.07, 6.45) is 5.11. The summed E-state index contributed by atoms with van der Waals surface area (Å²) < 4.78 is 22.0. The maximum absolute atomic E-state index is 11.7. The molecule has 11 nitrogen and oxygen atoms in total. The van der Waals surface area contributed by atoms with Gasteiger partial charge in [-0.3, -0.25) is 9.69 Å². The number of hydrogen-bond acceptors (Lipinski definition) is 8. The molecule has 1 unspecified atom stereocenters. The van der Waals surface area contributed by atoms with Crippen LogP contribution in [0.5, 0.6) is 17.2 Å². The Balaban J connectivity index is 0.000000952. The third-order valence-electron chi connectivity index (χ3n) is 7.99. The van der Waals surface area contributed by atoms with Crippen molar-refractivity contribution in [1.82, 2.24) is 9.80 Å². The molecule has 228 valence electrons. The van der Waals surface area contributed by atoms with Crippen molar-refractivity contribution in [3.05, 3.63) is 53.1 Å². The smallest absolute Gasteiger partial charge is 0.493 e. The van der Waals surface area contributed by atoms with Gasteiger partial charge in [0.2, 0.25) is 0 Å². The van der Waals surface area contributed by atoms with E-state index in [0.717, 1.165) is 42.3 Å². The molecule has 3 aliphatic rings. The molecule has 2 aromatic carbocycles. The number of amides is 2. The van der Waals surface area contributed by atoms with Crippen LogP contribution < -0.4 is 14.2 Å². The highest BCUT2D eigenvalue weighted by molar-refractivity contribution is 5.97. The second-order valence-electron chi connectivity index (χ2n) is 10.8. The number of carbonyl (C=O) groups excluding carboxylic acids is 2. The van der Waals surface area contributed by atoms with Gasteiger partial charge < -0.3 is 29.2 Å². The van der Waals surface area contributed by atoms with Crippen molar-refractivity contribution in [2.24, 2.45) is 5.92 Å². The van der Waals surface area contributed by atoms with Crippen LogP contribution in [0.3, 0.4) is 0 Å². The summed E-state index contributed by atoms with van der Waals surface area (Å²) >= 11 is 0. The fourth-order valence-corrected chi connectivity index (χ4v) is 5.75. The summed E-state index contributed by atoms with van der Waals surface area (Å²) in [7, 11) is 1.63. The lowest BCUT2D eigenvalue weighted by Gasteiger charge is -2.34. The van der Waals surface area contributed by atoms with E-state index < -0.39 is 12.2 Å². The van der Waals surface area contributed by atoms with Crippen LogP contribution in [0.4, 0.5) is 9.59 Å². The summed E-state index contributed by atoms with van der Waals surface area (Å²) in [4.78, 5) is 35.6. The number of fused-ring (bicyclic) bond motifs is 1. The van der Waals surface area contributed by atoms with Crippen molar-refractivity contribution in [3.8, 4) is 17.2 Å². The molecule has 5 rings (SSSR count). The zero-order valence-corrected chi connectivity index (χ0v) is 24.3. The minimum absolute atomic E-state index is 0.140. The first-order valence-electron chi connectivity index (χ1n) is 14.4. The Morgan fingerprint density at radius 2 is 1.83 bits per heavy atom. The van der Waals surface area contributed by atoms with Crippen LogP contribution in [0.25, 0.3) is 0 Å². The zero-order valence-electron chi connectivity index (χ0n) is 24.3. The molecule has 2 aromatic rings.